The van der Waals surface area contributed by atoms with Crippen LogP contribution in [0, 0.1) is 11.6 Å². The highest BCUT2D eigenvalue weighted by molar-refractivity contribution is 7.89. The molecule has 10 heteroatoms. The van der Waals surface area contributed by atoms with Gasteiger partial charge in [-0.25, -0.2) is 26.9 Å². The SMILES string of the molecule is CCC(NC(=O)CCNS(=O)(=O)c1ccc(F)c(F)c1)c1ncc(-c2ccccc2)[nH]1. The van der Waals surface area contributed by atoms with Gasteiger partial charge in [0.15, 0.2) is 11.6 Å². The number of carbonyl (C=O) groups excluding carboxylic acids is 1. The van der Waals surface area contributed by atoms with Gasteiger partial charge in [0.2, 0.25) is 15.9 Å². The van der Waals surface area contributed by atoms with Crippen LogP contribution in [0.1, 0.15) is 31.6 Å². The maximum atomic E-state index is 13.3. The number of aromatic amines is 1. The minimum absolute atomic E-state index is 0.133. The fraction of sp³-hybridized carbons (Fsp3) is 0.238. The molecule has 0 aliphatic heterocycles. The van der Waals surface area contributed by atoms with Crippen LogP contribution in [0.25, 0.3) is 11.3 Å². The number of rotatable bonds is 9. The molecule has 3 N–H and O–H groups in total. The molecule has 3 rings (SSSR count). The van der Waals surface area contributed by atoms with Gasteiger partial charge in [-0.2, -0.15) is 0 Å². The normalized spacial score (nSPS) is 12.5. The van der Waals surface area contributed by atoms with E-state index in [1.54, 1.807) is 6.20 Å². The number of halogens is 2. The fourth-order valence-electron chi connectivity index (χ4n) is 2.93. The Balaban J connectivity index is 1.56. The van der Waals surface area contributed by atoms with E-state index in [1.165, 1.54) is 0 Å². The van der Waals surface area contributed by atoms with Crippen LogP contribution in [0.2, 0.25) is 0 Å². The molecule has 0 fully saturated rings. The fourth-order valence-corrected chi connectivity index (χ4v) is 3.98. The Morgan fingerprint density at radius 2 is 1.87 bits per heavy atom. The van der Waals surface area contributed by atoms with Gasteiger partial charge in [0.1, 0.15) is 5.82 Å². The van der Waals surface area contributed by atoms with Crippen LogP contribution in [0.3, 0.4) is 0 Å². The number of amides is 1. The van der Waals surface area contributed by atoms with Gasteiger partial charge in [-0.15, -0.1) is 0 Å². The molecule has 0 saturated heterocycles. The van der Waals surface area contributed by atoms with Gasteiger partial charge >= 0.3 is 0 Å². The first-order valence-electron chi connectivity index (χ1n) is 9.64. The first kappa shape index (κ1) is 22.6. The highest BCUT2D eigenvalue weighted by Gasteiger charge is 2.19. The topological polar surface area (TPSA) is 104 Å². The maximum absolute atomic E-state index is 13.3. The standard InChI is InChI=1S/C21H22F2N4O3S/c1-2-18(21-24-13-19(27-21)14-6-4-3-5-7-14)26-20(28)10-11-25-31(29,30)15-8-9-16(22)17(23)12-15/h3-9,12-13,18,25H,2,10-11H2,1H3,(H,24,27)(H,26,28). The summed E-state index contributed by atoms with van der Waals surface area (Å²) in [7, 11) is -4.06. The lowest BCUT2D eigenvalue weighted by atomic mass is 10.2. The predicted molar refractivity (Wildman–Crippen MR) is 111 cm³/mol. The summed E-state index contributed by atoms with van der Waals surface area (Å²) in [6, 6.07) is 11.5. The molecule has 1 atom stereocenters. The summed E-state index contributed by atoms with van der Waals surface area (Å²) in [5, 5.41) is 2.81. The molecule has 0 spiro atoms. The van der Waals surface area contributed by atoms with Crippen LogP contribution >= 0.6 is 0 Å². The van der Waals surface area contributed by atoms with E-state index in [4.69, 9.17) is 0 Å². The highest BCUT2D eigenvalue weighted by Crippen LogP contribution is 2.20. The monoisotopic (exact) mass is 448 g/mol. The number of imidazole rings is 1. The van der Waals surface area contributed by atoms with Crippen LogP contribution < -0.4 is 10.0 Å². The first-order chi connectivity index (χ1) is 14.8. The Hall–Kier alpha value is -3.11. The Bertz CT molecular complexity index is 1150. The van der Waals surface area contributed by atoms with Crippen molar-refractivity contribution in [1.82, 2.24) is 20.0 Å². The predicted octanol–water partition coefficient (Wildman–Crippen LogP) is 3.29. The van der Waals surface area contributed by atoms with Crippen LogP contribution in [-0.2, 0) is 14.8 Å². The smallest absolute Gasteiger partial charge is 0.240 e. The lowest BCUT2D eigenvalue weighted by Crippen LogP contribution is -2.33. The number of hydrogen-bond donors (Lipinski definition) is 3. The molecular formula is C21H22F2N4O3S. The zero-order valence-corrected chi connectivity index (χ0v) is 17.5. The van der Waals surface area contributed by atoms with E-state index in [0.29, 0.717) is 18.3 Å². The largest absolute Gasteiger partial charge is 0.346 e. The Morgan fingerprint density at radius 1 is 1.13 bits per heavy atom. The molecule has 7 nitrogen and oxygen atoms in total. The second kappa shape index (κ2) is 9.80. The summed E-state index contributed by atoms with van der Waals surface area (Å²) in [4.78, 5) is 19.4. The molecule has 31 heavy (non-hydrogen) atoms. The second-order valence-electron chi connectivity index (χ2n) is 6.80. The third kappa shape index (κ3) is 5.74. The Kier molecular flexibility index (Phi) is 7.13. The number of benzene rings is 2. The summed E-state index contributed by atoms with van der Waals surface area (Å²) < 4.78 is 52.8. The number of nitrogens with zero attached hydrogens (tertiary/aromatic N) is 1. The van der Waals surface area contributed by atoms with Crippen molar-refractivity contribution < 1.29 is 22.0 Å². The van der Waals surface area contributed by atoms with Crippen LogP contribution in [-0.4, -0.2) is 30.8 Å². The molecule has 0 radical (unpaired) electrons. The zero-order valence-electron chi connectivity index (χ0n) is 16.7. The van der Waals surface area contributed by atoms with E-state index < -0.39 is 26.6 Å². The molecular weight excluding hydrogens is 426 g/mol. The average Bonchev–Trinajstić information content (AvgIpc) is 3.24. The minimum atomic E-state index is -4.06. The van der Waals surface area contributed by atoms with Crippen LogP contribution in [0.5, 0.6) is 0 Å². The van der Waals surface area contributed by atoms with Crippen molar-refractivity contribution >= 4 is 15.9 Å². The third-order valence-corrected chi connectivity index (χ3v) is 6.06. The lowest BCUT2D eigenvalue weighted by molar-refractivity contribution is -0.121. The number of aromatic nitrogens is 2. The summed E-state index contributed by atoms with van der Waals surface area (Å²) in [6.45, 7) is 1.69. The van der Waals surface area contributed by atoms with Gasteiger partial charge < -0.3 is 10.3 Å². The highest BCUT2D eigenvalue weighted by atomic mass is 32.2. The molecule has 1 heterocycles. The molecule has 1 unspecified atom stereocenters. The average molecular weight is 448 g/mol. The quantitative estimate of drug-likeness (QED) is 0.467. The summed E-state index contributed by atoms with van der Waals surface area (Å²) in [5.74, 6) is -2.19. The molecule has 0 aliphatic carbocycles. The first-order valence-corrected chi connectivity index (χ1v) is 11.1. The summed E-state index contributed by atoms with van der Waals surface area (Å²) in [6.07, 6.45) is 2.13. The van der Waals surface area contributed by atoms with E-state index >= 15 is 0 Å². The summed E-state index contributed by atoms with van der Waals surface area (Å²) in [5.41, 5.74) is 1.79. The molecule has 164 valence electrons. The second-order valence-corrected chi connectivity index (χ2v) is 8.57. The van der Waals surface area contributed by atoms with Crippen LogP contribution in [0.15, 0.2) is 59.6 Å². The Morgan fingerprint density at radius 3 is 2.55 bits per heavy atom. The molecule has 0 aliphatic rings. The molecule has 1 aromatic heterocycles. The zero-order chi connectivity index (χ0) is 22.4. The number of hydrogen-bond acceptors (Lipinski definition) is 4. The molecule has 0 bridgehead atoms. The van der Waals surface area contributed by atoms with Crippen molar-refractivity contribution in [1.29, 1.82) is 0 Å². The van der Waals surface area contributed by atoms with Gasteiger partial charge in [-0.3, -0.25) is 4.79 Å². The number of nitrogens with one attached hydrogen (secondary N) is 3. The van der Waals surface area contributed by atoms with Crippen LogP contribution in [0.4, 0.5) is 8.78 Å². The summed E-state index contributed by atoms with van der Waals surface area (Å²) >= 11 is 0. The third-order valence-electron chi connectivity index (χ3n) is 4.60. The van der Waals surface area contributed by atoms with E-state index in [1.807, 2.05) is 37.3 Å². The van der Waals surface area contributed by atoms with E-state index in [2.05, 4.69) is 20.0 Å². The Labute approximate surface area is 179 Å². The maximum Gasteiger partial charge on any atom is 0.240 e. The molecule has 0 saturated carbocycles. The molecule has 2 aromatic carbocycles. The van der Waals surface area contributed by atoms with Crippen molar-refractivity contribution in [3.8, 4) is 11.3 Å². The number of carbonyl (C=O) groups is 1. The van der Waals surface area contributed by atoms with Gasteiger partial charge in [0.05, 0.1) is 22.8 Å². The van der Waals surface area contributed by atoms with Crippen molar-refractivity contribution in [3.63, 3.8) is 0 Å². The van der Waals surface area contributed by atoms with E-state index in [0.717, 1.165) is 23.4 Å². The van der Waals surface area contributed by atoms with Gasteiger partial charge in [-0.1, -0.05) is 37.3 Å². The van der Waals surface area contributed by atoms with Gasteiger partial charge in [0.25, 0.3) is 0 Å². The van der Waals surface area contributed by atoms with Crippen molar-refractivity contribution in [2.75, 3.05) is 6.54 Å². The van der Waals surface area contributed by atoms with Crippen molar-refractivity contribution in [2.45, 2.75) is 30.7 Å². The van der Waals surface area contributed by atoms with E-state index in [-0.39, 0.29) is 24.9 Å². The molecule has 1 amide bonds. The van der Waals surface area contributed by atoms with Crippen molar-refractivity contribution in [3.05, 3.63) is 72.2 Å². The number of H-pyrrole nitrogens is 1. The minimum Gasteiger partial charge on any atom is -0.346 e. The van der Waals surface area contributed by atoms with Crippen molar-refractivity contribution in [2.24, 2.45) is 0 Å². The van der Waals surface area contributed by atoms with Gasteiger partial charge in [0, 0.05) is 13.0 Å². The lowest BCUT2D eigenvalue weighted by Gasteiger charge is -2.15. The van der Waals surface area contributed by atoms with E-state index in [9.17, 15) is 22.0 Å². The van der Waals surface area contributed by atoms with Gasteiger partial charge in [-0.05, 0) is 30.2 Å². The molecule has 3 aromatic rings. The number of sulfonamides is 1.